The molecule has 0 aromatic rings. The number of hydrogen-bond acceptors (Lipinski definition) is 1. The molecule has 1 N–H and O–H groups in total. The molecule has 0 aliphatic carbocycles. The van der Waals surface area contributed by atoms with Gasteiger partial charge in [-0.05, 0) is 18.8 Å². The highest BCUT2D eigenvalue weighted by molar-refractivity contribution is 4.81. The third kappa shape index (κ3) is 9.49. The molecule has 0 aromatic heterocycles. The van der Waals surface area contributed by atoms with Gasteiger partial charge in [0.2, 0.25) is 0 Å². The Morgan fingerprint density at radius 1 is 0.684 bits per heavy atom. The summed E-state index contributed by atoms with van der Waals surface area (Å²) in [5.74, 6) is 0.393. The molecule has 116 valence electrons. The zero-order valence-electron chi connectivity index (χ0n) is 14.0. The summed E-state index contributed by atoms with van der Waals surface area (Å²) in [4.78, 5) is 0. The molecule has 0 unspecified atom stereocenters. The number of rotatable bonds is 13. The number of unbranched alkanes of at least 4 members (excludes halogenated alkanes) is 8. The van der Waals surface area contributed by atoms with E-state index in [0.29, 0.717) is 5.92 Å². The summed E-state index contributed by atoms with van der Waals surface area (Å²) >= 11 is 0. The summed E-state index contributed by atoms with van der Waals surface area (Å²) < 4.78 is 0. The van der Waals surface area contributed by atoms with E-state index in [1.807, 2.05) is 0 Å². The maximum absolute atomic E-state index is 10.8. The topological polar surface area (TPSA) is 20.2 Å². The van der Waals surface area contributed by atoms with Crippen molar-refractivity contribution < 1.29 is 5.11 Å². The van der Waals surface area contributed by atoms with E-state index in [4.69, 9.17) is 0 Å². The molecule has 0 radical (unpaired) electrons. The van der Waals surface area contributed by atoms with Crippen LogP contribution in [0, 0.1) is 5.92 Å². The molecule has 0 spiro atoms. The molecule has 0 saturated heterocycles. The lowest BCUT2D eigenvalue weighted by atomic mass is 9.81. The van der Waals surface area contributed by atoms with Crippen molar-refractivity contribution in [2.24, 2.45) is 5.92 Å². The highest BCUT2D eigenvalue weighted by Crippen LogP contribution is 2.30. The summed E-state index contributed by atoms with van der Waals surface area (Å²) in [5.41, 5.74) is -0.404. The van der Waals surface area contributed by atoms with Gasteiger partial charge in [-0.1, -0.05) is 91.9 Å². The van der Waals surface area contributed by atoms with E-state index in [1.165, 1.54) is 64.2 Å². The van der Waals surface area contributed by atoms with Crippen molar-refractivity contribution in [1.29, 1.82) is 0 Å². The van der Waals surface area contributed by atoms with Gasteiger partial charge in [-0.25, -0.2) is 0 Å². The van der Waals surface area contributed by atoms with Crippen molar-refractivity contribution in [3.63, 3.8) is 0 Å². The third-order valence-electron chi connectivity index (χ3n) is 4.50. The monoisotopic (exact) mass is 270 g/mol. The van der Waals surface area contributed by atoms with Gasteiger partial charge in [0.05, 0.1) is 5.60 Å². The van der Waals surface area contributed by atoms with Gasteiger partial charge in [0.15, 0.2) is 0 Å². The van der Waals surface area contributed by atoms with Crippen LogP contribution in [0.4, 0.5) is 0 Å². The first-order valence-corrected chi connectivity index (χ1v) is 8.79. The Morgan fingerprint density at radius 3 is 1.37 bits per heavy atom. The zero-order valence-corrected chi connectivity index (χ0v) is 14.0. The maximum atomic E-state index is 10.8. The fraction of sp³-hybridized carbons (Fsp3) is 1.00. The van der Waals surface area contributed by atoms with Gasteiger partial charge in [-0.3, -0.25) is 0 Å². The smallest absolute Gasteiger partial charge is 0.0670 e. The van der Waals surface area contributed by atoms with E-state index in [2.05, 4.69) is 27.7 Å². The fourth-order valence-corrected chi connectivity index (χ4v) is 2.77. The van der Waals surface area contributed by atoms with Gasteiger partial charge in [0.1, 0.15) is 0 Å². The van der Waals surface area contributed by atoms with Gasteiger partial charge in [-0.15, -0.1) is 0 Å². The Hall–Kier alpha value is -0.0400. The molecule has 0 atom stereocenters. The van der Waals surface area contributed by atoms with E-state index < -0.39 is 5.60 Å². The van der Waals surface area contributed by atoms with Crippen LogP contribution in [0.1, 0.15) is 105 Å². The van der Waals surface area contributed by atoms with Gasteiger partial charge in [0, 0.05) is 0 Å². The first-order valence-electron chi connectivity index (χ1n) is 8.79. The third-order valence-corrected chi connectivity index (χ3v) is 4.50. The van der Waals surface area contributed by atoms with E-state index in [9.17, 15) is 5.11 Å². The summed E-state index contributed by atoms with van der Waals surface area (Å²) in [6.45, 7) is 8.86. The van der Waals surface area contributed by atoms with Crippen LogP contribution in [0.3, 0.4) is 0 Å². The van der Waals surface area contributed by atoms with Crippen molar-refractivity contribution in [3.05, 3.63) is 0 Å². The highest BCUT2D eigenvalue weighted by atomic mass is 16.3. The minimum absolute atomic E-state index is 0.393. The molecular weight excluding hydrogens is 232 g/mol. The highest BCUT2D eigenvalue weighted by Gasteiger charge is 2.29. The van der Waals surface area contributed by atoms with Crippen LogP contribution in [0.5, 0.6) is 0 Å². The lowest BCUT2D eigenvalue weighted by Gasteiger charge is -2.32. The standard InChI is InChI=1S/C18H38O/c1-5-7-9-11-13-15-18(19,17(3)4)16-14-12-10-8-6-2/h17,19H,5-16H2,1-4H3. The largest absolute Gasteiger partial charge is 0.390 e. The van der Waals surface area contributed by atoms with Crippen LogP contribution in [0.25, 0.3) is 0 Å². The van der Waals surface area contributed by atoms with Crippen molar-refractivity contribution >= 4 is 0 Å². The van der Waals surface area contributed by atoms with Gasteiger partial charge >= 0.3 is 0 Å². The van der Waals surface area contributed by atoms with Crippen LogP contribution in [-0.2, 0) is 0 Å². The SMILES string of the molecule is CCCCCCCC(O)(CCCCCCC)C(C)C. The second kappa shape index (κ2) is 11.8. The fourth-order valence-electron chi connectivity index (χ4n) is 2.77. The quantitative estimate of drug-likeness (QED) is 0.401. The molecule has 0 rings (SSSR count). The first-order chi connectivity index (χ1) is 9.06. The van der Waals surface area contributed by atoms with Gasteiger partial charge in [-0.2, -0.15) is 0 Å². The van der Waals surface area contributed by atoms with Crippen LogP contribution in [0.2, 0.25) is 0 Å². The predicted molar refractivity (Wildman–Crippen MR) is 86.5 cm³/mol. The molecule has 0 aliphatic heterocycles. The minimum Gasteiger partial charge on any atom is -0.390 e. The molecule has 1 nitrogen and oxygen atoms in total. The van der Waals surface area contributed by atoms with Gasteiger partial charge in [0.25, 0.3) is 0 Å². The van der Waals surface area contributed by atoms with E-state index in [1.54, 1.807) is 0 Å². The van der Waals surface area contributed by atoms with Crippen molar-refractivity contribution in [2.45, 2.75) is 110 Å². The molecule has 19 heavy (non-hydrogen) atoms. The zero-order chi connectivity index (χ0) is 14.6. The lowest BCUT2D eigenvalue weighted by molar-refractivity contribution is -0.0249. The second-order valence-corrected chi connectivity index (χ2v) is 6.59. The molecular formula is C18H38O. The molecule has 0 aliphatic rings. The number of hydrogen-bond donors (Lipinski definition) is 1. The average molecular weight is 271 g/mol. The van der Waals surface area contributed by atoms with Crippen molar-refractivity contribution in [1.82, 2.24) is 0 Å². The summed E-state index contributed by atoms with van der Waals surface area (Å²) in [7, 11) is 0. The van der Waals surface area contributed by atoms with Crippen LogP contribution < -0.4 is 0 Å². The Morgan fingerprint density at radius 2 is 1.05 bits per heavy atom. The molecule has 0 bridgehead atoms. The Labute approximate surface area is 122 Å². The molecule has 0 amide bonds. The summed E-state index contributed by atoms with van der Waals surface area (Å²) in [5, 5.41) is 10.8. The average Bonchev–Trinajstić information content (AvgIpc) is 2.38. The van der Waals surface area contributed by atoms with Crippen molar-refractivity contribution in [2.75, 3.05) is 0 Å². The summed E-state index contributed by atoms with van der Waals surface area (Å²) in [6, 6.07) is 0. The van der Waals surface area contributed by atoms with Crippen LogP contribution in [-0.4, -0.2) is 10.7 Å². The Balaban J connectivity index is 3.84. The van der Waals surface area contributed by atoms with Gasteiger partial charge < -0.3 is 5.11 Å². The lowest BCUT2D eigenvalue weighted by Crippen LogP contribution is -2.34. The molecule has 0 heterocycles. The van der Waals surface area contributed by atoms with E-state index >= 15 is 0 Å². The molecule has 0 fully saturated rings. The maximum Gasteiger partial charge on any atom is 0.0670 e. The minimum atomic E-state index is -0.404. The molecule has 0 saturated carbocycles. The first kappa shape index (κ1) is 19.0. The predicted octanol–water partition coefficient (Wildman–Crippen LogP) is 6.09. The van der Waals surface area contributed by atoms with Crippen molar-refractivity contribution in [3.8, 4) is 0 Å². The van der Waals surface area contributed by atoms with Crippen LogP contribution in [0.15, 0.2) is 0 Å². The molecule has 1 heteroatoms. The van der Waals surface area contributed by atoms with Crippen LogP contribution >= 0.6 is 0 Å². The van der Waals surface area contributed by atoms with E-state index in [0.717, 1.165) is 12.8 Å². The second-order valence-electron chi connectivity index (χ2n) is 6.59. The Kier molecular flexibility index (Phi) is 11.7. The molecule has 0 aromatic carbocycles. The Bertz CT molecular complexity index is 172. The normalized spacial score (nSPS) is 12.3. The van der Waals surface area contributed by atoms with E-state index in [-0.39, 0.29) is 0 Å². The number of aliphatic hydroxyl groups is 1. The summed E-state index contributed by atoms with van der Waals surface area (Å²) in [6.07, 6.45) is 14.9.